The van der Waals surface area contributed by atoms with Crippen molar-refractivity contribution in [3.05, 3.63) is 54.2 Å². The van der Waals surface area contributed by atoms with Gasteiger partial charge < -0.3 is 10.1 Å². The normalized spacial score (nSPS) is 12.7. The summed E-state index contributed by atoms with van der Waals surface area (Å²) in [5.41, 5.74) is 1.03. The molecule has 0 aliphatic heterocycles. The second-order valence-electron chi connectivity index (χ2n) is 6.47. The maximum absolute atomic E-state index is 12.4. The lowest BCUT2D eigenvalue weighted by atomic mass is 10.2. The minimum Gasteiger partial charge on any atom is -0.448 e. The van der Waals surface area contributed by atoms with E-state index in [1.165, 1.54) is 39.2 Å². The zero-order chi connectivity index (χ0) is 21.2. The van der Waals surface area contributed by atoms with Crippen LogP contribution < -0.4 is 5.32 Å². The second kappa shape index (κ2) is 8.02. The molecule has 9 nitrogen and oxygen atoms in total. The Morgan fingerprint density at radius 3 is 2.59 bits per heavy atom. The maximum atomic E-state index is 12.4. The fraction of sp³-hybridized carbons (Fsp3) is 0.211. The number of nitrogens with zero attached hydrogens (tertiary/aromatic N) is 2. The lowest BCUT2D eigenvalue weighted by Gasteiger charge is -2.15. The van der Waals surface area contributed by atoms with E-state index in [0.717, 1.165) is 4.31 Å². The third kappa shape index (κ3) is 4.28. The van der Waals surface area contributed by atoms with Gasteiger partial charge in [0.25, 0.3) is 5.91 Å². The first-order valence-corrected chi connectivity index (χ1v) is 10.1. The van der Waals surface area contributed by atoms with Crippen molar-refractivity contribution < 1.29 is 22.7 Å². The minimum atomic E-state index is -3.64. The molecule has 0 radical (unpaired) electrons. The van der Waals surface area contributed by atoms with Crippen LogP contribution in [-0.2, 0) is 19.6 Å². The summed E-state index contributed by atoms with van der Waals surface area (Å²) in [6.45, 7) is 1.42. The summed E-state index contributed by atoms with van der Waals surface area (Å²) >= 11 is 0. The minimum absolute atomic E-state index is 0.0351. The van der Waals surface area contributed by atoms with E-state index in [-0.39, 0.29) is 16.3 Å². The number of hydrogen-bond acceptors (Lipinski definition) is 6. The first kappa shape index (κ1) is 20.5. The Bertz CT molecular complexity index is 1170. The van der Waals surface area contributed by atoms with Crippen molar-refractivity contribution in [3.8, 4) is 0 Å². The Hall–Kier alpha value is -3.24. The first-order valence-electron chi connectivity index (χ1n) is 8.67. The number of fused-ring (bicyclic) bond motifs is 1. The lowest BCUT2D eigenvalue weighted by Crippen LogP contribution is -2.30. The van der Waals surface area contributed by atoms with Gasteiger partial charge in [-0.05, 0) is 31.2 Å². The smallest absolute Gasteiger partial charge is 0.360 e. The van der Waals surface area contributed by atoms with E-state index in [1.807, 2.05) is 0 Å². The number of para-hydroxylation sites is 1. The van der Waals surface area contributed by atoms with Crippen LogP contribution in [0.2, 0.25) is 0 Å². The molecule has 1 amide bonds. The fourth-order valence-electron chi connectivity index (χ4n) is 2.58. The second-order valence-corrected chi connectivity index (χ2v) is 8.62. The molecule has 2 aromatic carbocycles. The van der Waals surface area contributed by atoms with E-state index in [9.17, 15) is 18.0 Å². The molecular formula is C19H20N4O5S. The van der Waals surface area contributed by atoms with E-state index in [0.29, 0.717) is 10.9 Å². The average molecular weight is 416 g/mol. The molecule has 3 rings (SSSR count). The van der Waals surface area contributed by atoms with Crippen molar-refractivity contribution in [2.75, 3.05) is 19.4 Å². The number of esters is 1. The number of sulfonamides is 1. The van der Waals surface area contributed by atoms with Crippen LogP contribution in [0.25, 0.3) is 10.9 Å². The van der Waals surface area contributed by atoms with E-state index in [1.54, 1.807) is 30.3 Å². The number of benzene rings is 2. The summed E-state index contributed by atoms with van der Waals surface area (Å²) < 4.78 is 30.7. The number of aromatic amines is 1. The summed E-state index contributed by atoms with van der Waals surface area (Å²) in [7, 11) is -0.805. The van der Waals surface area contributed by atoms with Gasteiger partial charge in [-0.25, -0.2) is 17.5 Å². The number of amides is 1. The van der Waals surface area contributed by atoms with Crippen LogP contribution in [0, 0.1) is 0 Å². The molecule has 0 unspecified atom stereocenters. The van der Waals surface area contributed by atoms with E-state index in [2.05, 4.69) is 15.5 Å². The average Bonchev–Trinajstić information content (AvgIpc) is 3.12. The van der Waals surface area contributed by atoms with Crippen molar-refractivity contribution in [1.29, 1.82) is 0 Å². The molecule has 3 aromatic rings. The highest BCUT2D eigenvalue weighted by molar-refractivity contribution is 7.89. The van der Waals surface area contributed by atoms with E-state index in [4.69, 9.17) is 4.74 Å². The van der Waals surface area contributed by atoms with Gasteiger partial charge in [-0.1, -0.05) is 24.3 Å². The van der Waals surface area contributed by atoms with Gasteiger partial charge in [-0.3, -0.25) is 9.89 Å². The largest absolute Gasteiger partial charge is 0.448 e. The molecule has 0 bridgehead atoms. The Kier molecular flexibility index (Phi) is 5.66. The van der Waals surface area contributed by atoms with Gasteiger partial charge in [0.05, 0.1) is 10.4 Å². The highest BCUT2D eigenvalue weighted by Gasteiger charge is 2.23. The number of H-pyrrole nitrogens is 1. The van der Waals surface area contributed by atoms with Crippen LogP contribution >= 0.6 is 0 Å². The van der Waals surface area contributed by atoms with Crippen LogP contribution in [-0.4, -0.2) is 55.0 Å². The lowest BCUT2D eigenvalue weighted by molar-refractivity contribution is -0.123. The van der Waals surface area contributed by atoms with Crippen LogP contribution in [0.5, 0.6) is 0 Å². The monoisotopic (exact) mass is 416 g/mol. The van der Waals surface area contributed by atoms with Crippen molar-refractivity contribution in [2.45, 2.75) is 17.9 Å². The number of anilines is 1. The first-order chi connectivity index (χ1) is 13.7. The molecule has 0 aliphatic carbocycles. The highest BCUT2D eigenvalue weighted by atomic mass is 32.2. The van der Waals surface area contributed by atoms with Gasteiger partial charge >= 0.3 is 5.97 Å². The van der Waals surface area contributed by atoms with Gasteiger partial charge in [0.15, 0.2) is 11.8 Å². The molecule has 2 N–H and O–H groups in total. The molecule has 1 aromatic heterocycles. The van der Waals surface area contributed by atoms with Crippen LogP contribution in [0.4, 0.5) is 5.69 Å². The molecular weight excluding hydrogens is 396 g/mol. The predicted molar refractivity (Wildman–Crippen MR) is 107 cm³/mol. The number of nitrogens with one attached hydrogen (secondary N) is 2. The van der Waals surface area contributed by atoms with E-state index < -0.39 is 28.0 Å². The van der Waals surface area contributed by atoms with Crippen molar-refractivity contribution in [2.24, 2.45) is 0 Å². The van der Waals surface area contributed by atoms with Gasteiger partial charge in [-0.2, -0.15) is 5.10 Å². The van der Waals surface area contributed by atoms with Gasteiger partial charge in [0.1, 0.15) is 0 Å². The number of carbonyl (C=O) groups excluding carboxylic acids is 2. The summed E-state index contributed by atoms with van der Waals surface area (Å²) in [5, 5.41) is 9.82. The van der Waals surface area contributed by atoms with Crippen LogP contribution in [0.1, 0.15) is 17.4 Å². The molecule has 0 aliphatic rings. The highest BCUT2D eigenvalue weighted by Crippen LogP contribution is 2.19. The molecule has 29 heavy (non-hydrogen) atoms. The van der Waals surface area contributed by atoms with Crippen LogP contribution in [0.3, 0.4) is 0 Å². The van der Waals surface area contributed by atoms with Gasteiger partial charge in [-0.15, -0.1) is 0 Å². The molecule has 152 valence electrons. The SMILES string of the molecule is C[C@H](OC(=O)c1n[nH]c2ccccc12)C(=O)Nc1cccc(S(=O)(=O)N(C)C)c1. The number of hydrogen-bond donors (Lipinski definition) is 2. The fourth-order valence-corrected chi connectivity index (χ4v) is 3.53. The molecule has 0 saturated carbocycles. The Morgan fingerprint density at radius 2 is 1.86 bits per heavy atom. The molecule has 0 spiro atoms. The number of rotatable bonds is 6. The molecule has 0 fully saturated rings. The van der Waals surface area contributed by atoms with Crippen molar-refractivity contribution >= 4 is 38.5 Å². The topological polar surface area (TPSA) is 121 Å². The predicted octanol–water partition coefficient (Wildman–Crippen LogP) is 2.00. The Balaban J connectivity index is 1.70. The summed E-state index contributed by atoms with van der Waals surface area (Å²) in [4.78, 5) is 24.8. The van der Waals surface area contributed by atoms with E-state index >= 15 is 0 Å². The Morgan fingerprint density at radius 1 is 1.14 bits per heavy atom. The number of aromatic nitrogens is 2. The number of carbonyl (C=O) groups is 2. The number of ether oxygens (including phenoxy) is 1. The molecule has 10 heteroatoms. The molecule has 1 atom stereocenters. The van der Waals surface area contributed by atoms with Crippen molar-refractivity contribution in [3.63, 3.8) is 0 Å². The van der Waals surface area contributed by atoms with Crippen LogP contribution in [0.15, 0.2) is 53.4 Å². The standard InChI is InChI=1S/C19H20N4O5S/c1-12(28-19(25)17-15-9-4-5-10-16(15)21-22-17)18(24)20-13-7-6-8-14(11-13)29(26,27)23(2)3/h4-12H,1-3H3,(H,20,24)(H,21,22)/t12-/m0/s1. The van der Waals surface area contributed by atoms with Crippen molar-refractivity contribution in [1.82, 2.24) is 14.5 Å². The van der Waals surface area contributed by atoms with Gasteiger partial charge in [0.2, 0.25) is 10.0 Å². The summed E-state index contributed by atoms with van der Waals surface area (Å²) in [5.74, 6) is -1.34. The maximum Gasteiger partial charge on any atom is 0.360 e. The quantitative estimate of drug-likeness (QED) is 0.593. The zero-order valence-electron chi connectivity index (χ0n) is 16.0. The third-order valence-corrected chi connectivity index (χ3v) is 6.01. The molecule has 1 heterocycles. The van der Waals surface area contributed by atoms with Gasteiger partial charge in [0, 0.05) is 25.2 Å². The molecule has 0 saturated heterocycles. The summed E-state index contributed by atoms with van der Waals surface area (Å²) in [6.07, 6.45) is -1.12. The summed E-state index contributed by atoms with van der Waals surface area (Å²) in [6, 6.07) is 12.9. The zero-order valence-corrected chi connectivity index (χ0v) is 16.9. The Labute approximate surface area is 167 Å². The third-order valence-electron chi connectivity index (χ3n) is 4.20.